The summed E-state index contributed by atoms with van der Waals surface area (Å²) in [7, 11) is 0. The number of carbonyl (C=O) groups excluding carboxylic acids is 2. The van der Waals surface area contributed by atoms with Crippen LogP contribution in [-0.4, -0.2) is 22.6 Å². The quantitative estimate of drug-likeness (QED) is 0.335. The fourth-order valence-corrected chi connectivity index (χ4v) is 4.84. The second-order valence-corrected chi connectivity index (χ2v) is 9.16. The smallest absolute Gasteiger partial charge is 0.255 e. The van der Waals surface area contributed by atoms with Gasteiger partial charge in [0.2, 0.25) is 5.91 Å². The van der Waals surface area contributed by atoms with Crippen molar-refractivity contribution in [2.75, 3.05) is 16.4 Å². The first kappa shape index (κ1) is 21.3. The number of amides is 2. The van der Waals surface area contributed by atoms with Crippen LogP contribution >= 0.6 is 34.7 Å². The molecule has 0 unspecified atom stereocenters. The van der Waals surface area contributed by atoms with E-state index in [1.54, 1.807) is 30.3 Å². The highest BCUT2D eigenvalue weighted by atomic mass is 35.5. The van der Waals surface area contributed by atoms with Gasteiger partial charge in [0, 0.05) is 22.0 Å². The average Bonchev–Trinajstić information content (AvgIpc) is 3.15. The van der Waals surface area contributed by atoms with Gasteiger partial charge in [-0.2, -0.15) is 0 Å². The Bertz CT molecular complexity index is 1260. The number of aromatic nitrogens is 1. The lowest BCUT2D eigenvalue weighted by Gasteiger charge is -2.05. The predicted molar refractivity (Wildman–Crippen MR) is 125 cm³/mol. The largest absolute Gasteiger partial charge is 0.325 e. The van der Waals surface area contributed by atoms with Crippen LogP contribution in [0.1, 0.15) is 10.4 Å². The fraction of sp³-hybridized carbons (Fsp3) is 0.0455. The molecule has 2 N–H and O–H groups in total. The summed E-state index contributed by atoms with van der Waals surface area (Å²) >= 11 is 8.70. The molecule has 31 heavy (non-hydrogen) atoms. The van der Waals surface area contributed by atoms with Gasteiger partial charge in [-0.3, -0.25) is 9.59 Å². The van der Waals surface area contributed by atoms with Gasteiger partial charge in [-0.05, 0) is 60.7 Å². The first-order chi connectivity index (χ1) is 15.0. The van der Waals surface area contributed by atoms with Crippen molar-refractivity contribution < 1.29 is 14.0 Å². The lowest BCUT2D eigenvalue weighted by atomic mass is 10.2. The number of nitrogens with zero attached hydrogens (tertiary/aromatic N) is 1. The molecule has 1 heterocycles. The highest BCUT2D eigenvalue weighted by molar-refractivity contribution is 8.01. The first-order valence-electron chi connectivity index (χ1n) is 9.12. The summed E-state index contributed by atoms with van der Waals surface area (Å²) in [6, 6.07) is 17.7. The topological polar surface area (TPSA) is 71.1 Å². The molecule has 2 amide bonds. The van der Waals surface area contributed by atoms with E-state index in [2.05, 4.69) is 15.6 Å². The zero-order valence-electron chi connectivity index (χ0n) is 15.9. The number of nitrogens with one attached hydrogen (secondary N) is 2. The second kappa shape index (κ2) is 9.47. The monoisotopic (exact) mass is 471 g/mol. The summed E-state index contributed by atoms with van der Waals surface area (Å²) in [5.74, 6) is -0.663. The van der Waals surface area contributed by atoms with Crippen molar-refractivity contribution in [1.29, 1.82) is 0 Å². The molecule has 4 rings (SSSR count). The molecule has 156 valence electrons. The minimum Gasteiger partial charge on any atom is -0.325 e. The zero-order chi connectivity index (χ0) is 21.8. The van der Waals surface area contributed by atoms with Crippen LogP contribution in [0.5, 0.6) is 0 Å². The molecule has 0 aliphatic carbocycles. The number of rotatable bonds is 6. The third-order valence-electron chi connectivity index (χ3n) is 4.17. The molecule has 5 nitrogen and oxygen atoms in total. The van der Waals surface area contributed by atoms with Crippen molar-refractivity contribution >= 4 is 68.1 Å². The van der Waals surface area contributed by atoms with Crippen LogP contribution in [-0.2, 0) is 4.79 Å². The maximum Gasteiger partial charge on any atom is 0.255 e. The molecule has 0 bridgehead atoms. The molecule has 0 saturated carbocycles. The fourth-order valence-electron chi connectivity index (χ4n) is 2.74. The molecule has 0 aliphatic heterocycles. The van der Waals surface area contributed by atoms with E-state index in [4.69, 9.17) is 11.6 Å². The third-order valence-corrected chi connectivity index (χ3v) is 6.56. The van der Waals surface area contributed by atoms with Crippen molar-refractivity contribution in [2.24, 2.45) is 0 Å². The summed E-state index contributed by atoms with van der Waals surface area (Å²) < 4.78 is 14.7. The number of thioether (sulfide) groups is 1. The molecule has 4 aromatic rings. The van der Waals surface area contributed by atoms with E-state index in [1.165, 1.54) is 47.4 Å². The summed E-state index contributed by atoms with van der Waals surface area (Å²) in [6.07, 6.45) is 0. The Balaban J connectivity index is 1.38. The van der Waals surface area contributed by atoms with Crippen LogP contribution in [0.4, 0.5) is 15.8 Å². The number of thiazole rings is 1. The standard InChI is InChI=1S/C22H15ClFN3O2S2/c23-14-2-1-3-16(10-14)25-20(28)12-30-22-27-18-9-8-17(11-19(18)31-22)26-21(29)13-4-6-15(24)7-5-13/h1-11H,12H2,(H,25,28)(H,26,29). The van der Waals surface area contributed by atoms with Crippen LogP contribution in [0.3, 0.4) is 0 Å². The SMILES string of the molecule is O=C(CSc1nc2ccc(NC(=O)c3ccc(F)cc3)cc2s1)Nc1cccc(Cl)c1. The van der Waals surface area contributed by atoms with Gasteiger partial charge in [-0.15, -0.1) is 11.3 Å². The molecule has 0 fully saturated rings. The van der Waals surface area contributed by atoms with Crippen molar-refractivity contribution in [1.82, 2.24) is 4.98 Å². The molecule has 0 radical (unpaired) electrons. The lowest BCUT2D eigenvalue weighted by Crippen LogP contribution is -2.13. The number of fused-ring (bicyclic) bond motifs is 1. The molecule has 0 spiro atoms. The van der Waals surface area contributed by atoms with E-state index in [-0.39, 0.29) is 17.6 Å². The van der Waals surface area contributed by atoms with Gasteiger partial charge in [0.25, 0.3) is 5.91 Å². The van der Waals surface area contributed by atoms with E-state index in [0.29, 0.717) is 22.0 Å². The maximum atomic E-state index is 13.0. The van der Waals surface area contributed by atoms with E-state index in [1.807, 2.05) is 12.1 Å². The number of carbonyl (C=O) groups is 2. The number of hydrogen-bond donors (Lipinski definition) is 2. The lowest BCUT2D eigenvalue weighted by molar-refractivity contribution is -0.113. The number of benzene rings is 3. The van der Waals surface area contributed by atoms with Gasteiger partial charge in [0.05, 0.1) is 16.0 Å². The molecular formula is C22H15ClFN3O2S2. The Labute approximate surface area is 190 Å². The Hall–Kier alpha value is -2.94. The van der Waals surface area contributed by atoms with Crippen LogP contribution < -0.4 is 10.6 Å². The summed E-state index contributed by atoms with van der Waals surface area (Å²) in [5.41, 5.74) is 2.40. The Kier molecular flexibility index (Phi) is 6.50. The van der Waals surface area contributed by atoms with Gasteiger partial charge in [-0.1, -0.05) is 29.4 Å². The number of anilines is 2. The van der Waals surface area contributed by atoms with E-state index in [9.17, 15) is 14.0 Å². The minimum absolute atomic E-state index is 0.154. The Morgan fingerprint density at radius 2 is 1.77 bits per heavy atom. The molecule has 1 aromatic heterocycles. The van der Waals surface area contributed by atoms with Crippen LogP contribution in [0, 0.1) is 5.82 Å². The summed E-state index contributed by atoms with van der Waals surface area (Å²) in [5, 5.41) is 6.15. The predicted octanol–water partition coefficient (Wildman–Crippen LogP) is 6.07. The third kappa shape index (κ3) is 5.61. The zero-order valence-corrected chi connectivity index (χ0v) is 18.3. The highest BCUT2D eigenvalue weighted by Crippen LogP contribution is 2.31. The van der Waals surface area contributed by atoms with Crippen molar-refractivity contribution in [3.63, 3.8) is 0 Å². The summed E-state index contributed by atoms with van der Waals surface area (Å²) in [4.78, 5) is 29.0. The normalized spacial score (nSPS) is 10.8. The second-order valence-electron chi connectivity index (χ2n) is 6.47. The molecule has 0 atom stereocenters. The van der Waals surface area contributed by atoms with Gasteiger partial charge in [0.15, 0.2) is 4.34 Å². The molecule has 0 saturated heterocycles. The Morgan fingerprint density at radius 3 is 2.55 bits per heavy atom. The maximum absolute atomic E-state index is 13.0. The first-order valence-corrected chi connectivity index (χ1v) is 11.3. The van der Waals surface area contributed by atoms with Crippen molar-refractivity contribution in [3.05, 3.63) is 83.1 Å². The van der Waals surface area contributed by atoms with Crippen LogP contribution in [0.15, 0.2) is 71.1 Å². The number of hydrogen-bond acceptors (Lipinski definition) is 5. The van der Waals surface area contributed by atoms with Crippen LogP contribution in [0.25, 0.3) is 10.2 Å². The van der Waals surface area contributed by atoms with E-state index < -0.39 is 5.82 Å². The van der Waals surface area contributed by atoms with Gasteiger partial charge < -0.3 is 10.6 Å². The van der Waals surface area contributed by atoms with Gasteiger partial charge in [0.1, 0.15) is 5.82 Å². The van der Waals surface area contributed by atoms with Gasteiger partial charge in [-0.25, -0.2) is 9.37 Å². The Morgan fingerprint density at radius 1 is 1.00 bits per heavy atom. The average molecular weight is 472 g/mol. The van der Waals surface area contributed by atoms with Crippen molar-refractivity contribution in [3.8, 4) is 0 Å². The number of halogens is 2. The minimum atomic E-state index is -0.395. The van der Waals surface area contributed by atoms with Crippen LogP contribution in [0.2, 0.25) is 5.02 Å². The van der Waals surface area contributed by atoms with E-state index >= 15 is 0 Å². The van der Waals surface area contributed by atoms with E-state index in [0.717, 1.165) is 14.6 Å². The molecular weight excluding hydrogens is 457 g/mol. The molecule has 0 aliphatic rings. The van der Waals surface area contributed by atoms with Crippen molar-refractivity contribution in [2.45, 2.75) is 4.34 Å². The van der Waals surface area contributed by atoms with Gasteiger partial charge >= 0.3 is 0 Å². The molecule has 3 aromatic carbocycles. The molecule has 9 heteroatoms. The summed E-state index contributed by atoms with van der Waals surface area (Å²) in [6.45, 7) is 0. The highest BCUT2D eigenvalue weighted by Gasteiger charge is 2.11.